The predicted molar refractivity (Wildman–Crippen MR) is 157 cm³/mol. The molecule has 0 radical (unpaired) electrons. The maximum atomic E-state index is 16.9. The first-order valence-electron chi connectivity index (χ1n) is 13.9. The zero-order valence-corrected chi connectivity index (χ0v) is 22.9. The third-order valence-electron chi connectivity index (χ3n) is 8.21. The van der Waals surface area contributed by atoms with Crippen molar-refractivity contribution in [2.45, 2.75) is 38.5 Å². The van der Waals surface area contributed by atoms with Crippen molar-refractivity contribution < 1.29 is 18.6 Å². The molecule has 5 heterocycles. The Morgan fingerprint density at radius 1 is 1.10 bits per heavy atom. The number of aryl methyl sites for hydroxylation is 1. The number of ether oxygens (including phenoxy) is 1. The number of hydrogen-bond donors (Lipinski definition) is 2. The zero-order chi connectivity index (χ0) is 29.0. The lowest BCUT2D eigenvalue weighted by atomic mass is 9.95. The van der Waals surface area contributed by atoms with Crippen LogP contribution in [0.3, 0.4) is 0 Å². The molecule has 7 nitrogen and oxygen atoms in total. The molecule has 2 atom stereocenters. The van der Waals surface area contributed by atoms with E-state index in [0.29, 0.717) is 56.6 Å². The molecule has 5 aromatic rings. The Hall–Kier alpha value is -4.81. The predicted octanol–water partition coefficient (Wildman–Crippen LogP) is 5.64. The summed E-state index contributed by atoms with van der Waals surface area (Å²) in [7, 11) is 0. The normalized spacial score (nSPS) is 18.0. The fourth-order valence-electron chi connectivity index (χ4n) is 6.29. The SMILES string of the molecule is C#Cc1c(F)ccc2cc(O)cc(-c3ncc4c(N5CC6CCC(C5)N6)nc(OCc5ccccn5)c(C)c4c3F)c12. The molecule has 2 fully saturated rings. The van der Waals surface area contributed by atoms with Crippen molar-refractivity contribution in [3.05, 3.63) is 83.3 Å². The number of fused-ring (bicyclic) bond motifs is 4. The number of rotatable bonds is 5. The molecule has 210 valence electrons. The molecule has 2 bridgehead atoms. The van der Waals surface area contributed by atoms with E-state index >= 15 is 4.39 Å². The van der Waals surface area contributed by atoms with Crippen LogP contribution in [0.15, 0.2) is 54.9 Å². The molecule has 2 aromatic carbocycles. The third kappa shape index (κ3) is 4.35. The summed E-state index contributed by atoms with van der Waals surface area (Å²) in [6, 6.07) is 11.8. The molecule has 2 aliphatic heterocycles. The van der Waals surface area contributed by atoms with Gasteiger partial charge in [-0.05, 0) is 55.5 Å². The fourth-order valence-corrected chi connectivity index (χ4v) is 6.29. The monoisotopic (exact) mass is 563 g/mol. The number of pyridine rings is 3. The van der Waals surface area contributed by atoms with Gasteiger partial charge in [-0.25, -0.2) is 8.78 Å². The van der Waals surface area contributed by atoms with Crippen LogP contribution in [-0.2, 0) is 6.61 Å². The van der Waals surface area contributed by atoms with Crippen LogP contribution < -0.4 is 15.0 Å². The number of aromatic nitrogens is 3. The molecule has 2 saturated heterocycles. The molecule has 9 heteroatoms. The molecule has 2 unspecified atom stereocenters. The molecule has 2 aliphatic rings. The zero-order valence-electron chi connectivity index (χ0n) is 22.9. The number of anilines is 1. The number of nitrogens with one attached hydrogen (secondary N) is 1. The Morgan fingerprint density at radius 3 is 2.64 bits per heavy atom. The molecule has 2 N–H and O–H groups in total. The van der Waals surface area contributed by atoms with E-state index in [2.05, 4.69) is 26.1 Å². The second kappa shape index (κ2) is 10.2. The van der Waals surface area contributed by atoms with E-state index in [1.165, 1.54) is 24.3 Å². The van der Waals surface area contributed by atoms with Gasteiger partial charge in [-0.2, -0.15) is 4.98 Å². The van der Waals surface area contributed by atoms with E-state index in [0.717, 1.165) is 25.9 Å². The second-order valence-corrected chi connectivity index (χ2v) is 10.9. The van der Waals surface area contributed by atoms with Gasteiger partial charge in [0.1, 0.15) is 29.7 Å². The van der Waals surface area contributed by atoms with E-state index < -0.39 is 11.6 Å². The quantitative estimate of drug-likeness (QED) is 0.268. The van der Waals surface area contributed by atoms with Crippen molar-refractivity contribution >= 4 is 27.4 Å². The summed E-state index contributed by atoms with van der Waals surface area (Å²) in [5.74, 6) is 1.92. The van der Waals surface area contributed by atoms with E-state index in [1.807, 2.05) is 18.2 Å². The maximum absolute atomic E-state index is 16.9. The number of nitrogens with zero attached hydrogens (tertiary/aromatic N) is 4. The molecule has 0 spiro atoms. The van der Waals surface area contributed by atoms with Crippen molar-refractivity contribution in [3.8, 4) is 35.2 Å². The Labute approximate surface area is 241 Å². The molecule has 0 amide bonds. The van der Waals surface area contributed by atoms with Crippen LogP contribution >= 0.6 is 0 Å². The molecule has 0 aliphatic carbocycles. The van der Waals surface area contributed by atoms with Gasteiger partial charge in [-0.3, -0.25) is 9.97 Å². The molecular formula is C33H27F2N5O2. The highest BCUT2D eigenvalue weighted by atomic mass is 19.1. The second-order valence-electron chi connectivity index (χ2n) is 10.9. The van der Waals surface area contributed by atoms with Crippen LogP contribution in [0, 0.1) is 30.9 Å². The molecule has 3 aromatic heterocycles. The summed E-state index contributed by atoms with van der Waals surface area (Å²) in [6.07, 6.45) is 11.1. The molecule has 0 saturated carbocycles. The minimum atomic E-state index is -0.631. The molecular weight excluding hydrogens is 536 g/mol. The van der Waals surface area contributed by atoms with Crippen molar-refractivity contribution in [2.24, 2.45) is 0 Å². The summed E-state index contributed by atoms with van der Waals surface area (Å²) in [5.41, 5.74) is 1.34. The number of hydrogen-bond acceptors (Lipinski definition) is 7. The van der Waals surface area contributed by atoms with Gasteiger partial charge < -0.3 is 20.1 Å². The van der Waals surface area contributed by atoms with Crippen molar-refractivity contribution in [3.63, 3.8) is 0 Å². The van der Waals surface area contributed by atoms with Gasteiger partial charge in [0.25, 0.3) is 0 Å². The largest absolute Gasteiger partial charge is 0.508 e. The van der Waals surface area contributed by atoms with Gasteiger partial charge in [-0.1, -0.05) is 18.1 Å². The topological polar surface area (TPSA) is 83.4 Å². The van der Waals surface area contributed by atoms with Gasteiger partial charge in [0, 0.05) is 64.9 Å². The highest BCUT2D eigenvalue weighted by molar-refractivity contribution is 6.04. The number of phenols is 1. The van der Waals surface area contributed by atoms with Crippen LogP contribution in [-0.4, -0.2) is 45.2 Å². The summed E-state index contributed by atoms with van der Waals surface area (Å²) in [4.78, 5) is 15.9. The highest BCUT2D eigenvalue weighted by Crippen LogP contribution is 2.41. The maximum Gasteiger partial charge on any atom is 0.219 e. The molecule has 7 rings (SSSR count). The van der Waals surface area contributed by atoms with Crippen molar-refractivity contribution in [1.29, 1.82) is 0 Å². The first-order chi connectivity index (χ1) is 20.4. The molecule has 42 heavy (non-hydrogen) atoms. The van der Waals surface area contributed by atoms with E-state index in [1.54, 1.807) is 19.3 Å². The van der Waals surface area contributed by atoms with E-state index in [9.17, 15) is 9.50 Å². The number of aromatic hydroxyl groups is 1. The van der Waals surface area contributed by atoms with Crippen LogP contribution in [0.1, 0.15) is 29.7 Å². The smallest absolute Gasteiger partial charge is 0.219 e. The standard InChI is InChI=1S/C33H27F2N5O2/c1-3-24-27(34)10-7-19-12-23(41)13-25(29(19)24)31-30(35)28-18(2)33(42-17-22-6-4-5-11-36-22)39-32(26(28)14-37-31)40-15-20-8-9-21(16-40)38-20/h1,4-7,10-14,20-21,38,41H,8-9,15-17H2,2H3. The summed E-state index contributed by atoms with van der Waals surface area (Å²) < 4.78 is 37.8. The summed E-state index contributed by atoms with van der Waals surface area (Å²) in [6.45, 7) is 3.38. The minimum Gasteiger partial charge on any atom is -0.508 e. The van der Waals surface area contributed by atoms with Crippen LogP contribution in [0.4, 0.5) is 14.6 Å². The number of phenolic OH excluding ortho intramolecular Hbond substituents is 1. The number of piperazine rings is 1. The Balaban J connectivity index is 1.45. The lowest BCUT2D eigenvalue weighted by Gasteiger charge is -2.34. The summed E-state index contributed by atoms with van der Waals surface area (Å²) >= 11 is 0. The van der Waals surface area contributed by atoms with Gasteiger partial charge in [0.15, 0.2) is 5.82 Å². The van der Waals surface area contributed by atoms with Gasteiger partial charge >= 0.3 is 0 Å². The Kier molecular flexibility index (Phi) is 6.36. The Morgan fingerprint density at radius 2 is 1.90 bits per heavy atom. The Bertz CT molecular complexity index is 1900. The number of benzene rings is 2. The van der Waals surface area contributed by atoms with Crippen molar-refractivity contribution in [2.75, 3.05) is 18.0 Å². The lowest BCUT2D eigenvalue weighted by molar-refractivity contribution is 0.287. The van der Waals surface area contributed by atoms with E-state index in [4.69, 9.17) is 16.1 Å². The van der Waals surface area contributed by atoms with Gasteiger partial charge in [-0.15, -0.1) is 6.42 Å². The number of terminal acetylenes is 1. The highest BCUT2D eigenvalue weighted by Gasteiger charge is 2.34. The average molecular weight is 564 g/mol. The average Bonchev–Trinajstić information content (AvgIpc) is 3.34. The van der Waals surface area contributed by atoms with Crippen LogP contribution in [0.5, 0.6) is 11.6 Å². The lowest BCUT2D eigenvalue weighted by Crippen LogP contribution is -2.51. The summed E-state index contributed by atoms with van der Waals surface area (Å²) in [5, 5.41) is 15.8. The van der Waals surface area contributed by atoms with Crippen molar-refractivity contribution in [1.82, 2.24) is 20.3 Å². The van der Waals surface area contributed by atoms with Gasteiger partial charge in [0.2, 0.25) is 5.88 Å². The van der Waals surface area contributed by atoms with Crippen LogP contribution in [0.25, 0.3) is 32.8 Å². The minimum absolute atomic E-state index is 0.0217. The third-order valence-corrected chi connectivity index (χ3v) is 8.21. The number of halogens is 2. The first kappa shape index (κ1) is 26.1. The van der Waals surface area contributed by atoms with Crippen LogP contribution in [0.2, 0.25) is 0 Å². The fraction of sp³-hybridized carbons (Fsp3) is 0.242. The van der Waals surface area contributed by atoms with E-state index in [-0.39, 0.29) is 29.2 Å². The first-order valence-corrected chi connectivity index (χ1v) is 13.9. The van der Waals surface area contributed by atoms with Gasteiger partial charge in [0.05, 0.1) is 11.3 Å².